The van der Waals surface area contributed by atoms with Crippen molar-refractivity contribution in [2.24, 2.45) is 11.8 Å². The van der Waals surface area contributed by atoms with E-state index in [1.165, 1.54) is 0 Å². The zero-order valence-corrected chi connectivity index (χ0v) is 12.6. The molecule has 1 aromatic carbocycles. The maximum Gasteiger partial charge on any atom is 0.264 e. The Labute approximate surface area is 126 Å². The van der Waals surface area contributed by atoms with E-state index in [9.17, 15) is 8.78 Å². The largest absolute Gasteiger partial charge is 0.367 e. The van der Waals surface area contributed by atoms with Gasteiger partial charge in [-0.15, -0.1) is 6.58 Å². The third kappa shape index (κ3) is 4.63. The fourth-order valence-corrected chi connectivity index (χ4v) is 3.00. The first-order chi connectivity index (χ1) is 10.1. The third-order valence-corrected chi connectivity index (χ3v) is 4.43. The predicted molar refractivity (Wildman–Crippen MR) is 81.4 cm³/mol. The van der Waals surface area contributed by atoms with Crippen LogP contribution >= 0.6 is 0 Å². The quantitative estimate of drug-likeness (QED) is 0.660. The van der Waals surface area contributed by atoms with Crippen LogP contribution in [0.4, 0.5) is 8.78 Å². The second kappa shape index (κ2) is 7.69. The van der Waals surface area contributed by atoms with Gasteiger partial charge in [-0.2, -0.15) is 0 Å². The summed E-state index contributed by atoms with van der Waals surface area (Å²) in [7, 11) is 0. The Balaban J connectivity index is 1.90. The molecule has 116 valence electrons. The van der Waals surface area contributed by atoms with E-state index in [-0.39, 0.29) is 12.5 Å². The molecule has 0 radical (unpaired) electrons. The van der Waals surface area contributed by atoms with Crippen molar-refractivity contribution >= 4 is 0 Å². The van der Waals surface area contributed by atoms with Crippen LogP contribution in [0.3, 0.4) is 0 Å². The summed E-state index contributed by atoms with van der Waals surface area (Å²) < 4.78 is 32.1. The van der Waals surface area contributed by atoms with E-state index in [2.05, 4.69) is 6.58 Å². The number of aryl methyl sites for hydroxylation is 1. The molecule has 0 aromatic heterocycles. The van der Waals surface area contributed by atoms with Crippen molar-refractivity contribution in [1.29, 1.82) is 0 Å². The van der Waals surface area contributed by atoms with Crippen molar-refractivity contribution in [3.8, 4) is 0 Å². The van der Waals surface area contributed by atoms with Crippen molar-refractivity contribution in [2.45, 2.75) is 51.7 Å². The van der Waals surface area contributed by atoms with Crippen LogP contribution in [0, 0.1) is 18.8 Å². The maximum atomic E-state index is 13.3. The van der Waals surface area contributed by atoms with E-state index in [0.717, 1.165) is 36.8 Å². The zero-order valence-electron chi connectivity index (χ0n) is 12.6. The van der Waals surface area contributed by atoms with E-state index in [1.807, 2.05) is 37.3 Å². The van der Waals surface area contributed by atoms with Crippen molar-refractivity contribution < 1.29 is 13.5 Å². The molecule has 2 rings (SSSR count). The minimum Gasteiger partial charge on any atom is -0.367 e. The molecule has 1 unspecified atom stereocenters. The third-order valence-electron chi connectivity index (χ3n) is 4.43. The first-order valence-corrected chi connectivity index (χ1v) is 7.68. The molecule has 0 bridgehead atoms. The Bertz CT molecular complexity index is 433. The molecule has 0 heterocycles. The number of halogens is 2. The lowest BCUT2D eigenvalue weighted by Gasteiger charge is -2.32. The van der Waals surface area contributed by atoms with Crippen molar-refractivity contribution in [1.82, 2.24) is 0 Å². The Morgan fingerprint density at radius 3 is 2.33 bits per heavy atom. The smallest absolute Gasteiger partial charge is 0.264 e. The first-order valence-electron chi connectivity index (χ1n) is 7.68. The van der Waals surface area contributed by atoms with Gasteiger partial charge in [0.1, 0.15) is 6.10 Å². The summed E-state index contributed by atoms with van der Waals surface area (Å²) in [5.74, 6) is 0.448. The molecule has 1 saturated carbocycles. The maximum absolute atomic E-state index is 13.3. The van der Waals surface area contributed by atoms with Gasteiger partial charge in [0.2, 0.25) is 0 Å². The van der Waals surface area contributed by atoms with E-state index in [4.69, 9.17) is 4.74 Å². The van der Waals surface area contributed by atoms with Gasteiger partial charge in [-0.05, 0) is 50.0 Å². The number of ether oxygens (including phenoxy) is 1. The van der Waals surface area contributed by atoms with Gasteiger partial charge >= 0.3 is 0 Å². The molecule has 3 heteroatoms. The molecule has 1 nitrogen and oxygen atoms in total. The first kappa shape index (κ1) is 16.2. The standard InChI is InChI=1S/C18H24F2O/c1-3-14-8-10-16(11-9-14)17(18(19)20)21-12-15-6-4-13(2)5-7-15/h3-7,14,16-18H,1,8-12H2,2H3. The van der Waals surface area contributed by atoms with Crippen LogP contribution in [0.2, 0.25) is 0 Å². The van der Waals surface area contributed by atoms with E-state index >= 15 is 0 Å². The average Bonchev–Trinajstić information content (AvgIpc) is 2.49. The number of benzene rings is 1. The van der Waals surface area contributed by atoms with Gasteiger partial charge in [0.15, 0.2) is 0 Å². The minimum absolute atomic E-state index is 0.0355. The van der Waals surface area contributed by atoms with E-state index in [1.54, 1.807) is 0 Å². The number of allylic oxidation sites excluding steroid dienone is 1. The van der Waals surface area contributed by atoms with Crippen molar-refractivity contribution in [2.75, 3.05) is 0 Å². The van der Waals surface area contributed by atoms with Crippen LogP contribution in [0.25, 0.3) is 0 Å². The predicted octanol–water partition coefficient (Wildman–Crippen LogP) is 5.14. The molecular formula is C18H24F2O. The Morgan fingerprint density at radius 1 is 1.19 bits per heavy atom. The molecule has 0 spiro atoms. The van der Waals surface area contributed by atoms with Crippen LogP contribution in [-0.4, -0.2) is 12.5 Å². The molecular weight excluding hydrogens is 270 g/mol. The monoisotopic (exact) mass is 294 g/mol. The summed E-state index contributed by atoms with van der Waals surface area (Å²) in [6, 6.07) is 7.83. The van der Waals surface area contributed by atoms with Gasteiger partial charge in [0, 0.05) is 0 Å². The number of hydrogen-bond acceptors (Lipinski definition) is 1. The van der Waals surface area contributed by atoms with Gasteiger partial charge in [0.25, 0.3) is 6.43 Å². The van der Waals surface area contributed by atoms with Gasteiger partial charge < -0.3 is 4.74 Å². The topological polar surface area (TPSA) is 9.23 Å². The fourth-order valence-electron chi connectivity index (χ4n) is 3.00. The van der Waals surface area contributed by atoms with E-state index in [0.29, 0.717) is 5.92 Å². The fraction of sp³-hybridized carbons (Fsp3) is 0.556. The summed E-state index contributed by atoms with van der Waals surface area (Å²) >= 11 is 0. The highest BCUT2D eigenvalue weighted by molar-refractivity contribution is 5.20. The molecule has 0 N–H and O–H groups in total. The highest BCUT2D eigenvalue weighted by Crippen LogP contribution is 2.34. The zero-order chi connectivity index (χ0) is 15.2. The molecule has 1 atom stereocenters. The molecule has 0 saturated heterocycles. The Kier molecular flexibility index (Phi) is 5.92. The molecule has 1 aromatic rings. The van der Waals surface area contributed by atoms with Crippen LogP contribution in [0.15, 0.2) is 36.9 Å². The summed E-state index contributed by atoms with van der Waals surface area (Å²) in [4.78, 5) is 0. The van der Waals surface area contributed by atoms with E-state index < -0.39 is 12.5 Å². The molecule has 1 aliphatic carbocycles. The van der Waals surface area contributed by atoms with Crippen LogP contribution in [-0.2, 0) is 11.3 Å². The number of rotatable bonds is 6. The lowest BCUT2D eigenvalue weighted by Crippen LogP contribution is -2.33. The summed E-state index contributed by atoms with van der Waals surface area (Å²) in [5.41, 5.74) is 2.11. The minimum atomic E-state index is -2.42. The van der Waals surface area contributed by atoms with Crippen LogP contribution in [0.5, 0.6) is 0 Å². The van der Waals surface area contributed by atoms with Crippen molar-refractivity contribution in [3.63, 3.8) is 0 Å². The second-order valence-electron chi connectivity index (χ2n) is 6.01. The van der Waals surface area contributed by atoms with Gasteiger partial charge in [-0.3, -0.25) is 0 Å². The lowest BCUT2D eigenvalue weighted by molar-refractivity contribution is -0.101. The van der Waals surface area contributed by atoms with Gasteiger partial charge in [-0.1, -0.05) is 35.9 Å². The molecule has 0 aliphatic heterocycles. The highest BCUT2D eigenvalue weighted by atomic mass is 19.3. The summed E-state index contributed by atoms with van der Waals surface area (Å²) in [6.07, 6.45) is 2.09. The summed E-state index contributed by atoms with van der Waals surface area (Å²) in [6.45, 7) is 6.06. The molecule has 0 amide bonds. The van der Waals surface area contributed by atoms with Gasteiger partial charge in [-0.25, -0.2) is 8.78 Å². The number of hydrogen-bond donors (Lipinski definition) is 0. The van der Waals surface area contributed by atoms with Gasteiger partial charge in [0.05, 0.1) is 6.61 Å². The molecule has 21 heavy (non-hydrogen) atoms. The average molecular weight is 294 g/mol. The van der Waals surface area contributed by atoms with Crippen molar-refractivity contribution in [3.05, 3.63) is 48.0 Å². The number of alkyl halides is 2. The lowest BCUT2D eigenvalue weighted by atomic mass is 9.79. The normalized spacial score (nSPS) is 24.0. The Morgan fingerprint density at radius 2 is 1.81 bits per heavy atom. The second-order valence-corrected chi connectivity index (χ2v) is 6.01. The SMILES string of the molecule is C=CC1CCC(C(OCc2ccc(C)cc2)C(F)F)CC1. The highest BCUT2D eigenvalue weighted by Gasteiger charge is 2.33. The Hall–Kier alpha value is -1.22. The van der Waals surface area contributed by atoms with Crippen LogP contribution in [0.1, 0.15) is 36.8 Å². The summed E-state index contributed by atoms with van der Waals surface area (Å²) in [5, 5.41) is 0. The molecule has 1 fully saturated rings. The van der Waals surface area contributed by atoms with Crippen LogP contribution < -0.4 is 0 Å². The molecule has 1 aliphatic rings.